The molecule has 1 N–H and O–H groups in total. The highest BCUT2D eigenvalue weighted by Crippen LogP contribution is 2.16. The molecule has 2 aromatic rings. The molecule has 2 rings (SSSR count). The standard InChI is InChI=1S/C18H18BrNO3/c1-11-4-9-16(12(2)10-11)18(22)23-13(3)17(21)20-15-7-5-14(19)6-8-15/h4-10,13H,1-3H3,(H,20,21)/t13-/m1/s1. The van der Waals surface area contributed by atoms with Crippen molar-refractivity contribution in [2.24, 2.45) is 0 Å². The average Bonchev–Trinajstić information content (AvgIpc) is 2.49. The second kappa shape index (κ2) is 7.42. The highest BCUT2D eigenvalue weighted by atomic mass is 79.9. The second-order valence-corrected chi connectivity index (χ2v) is 6.28. The molecular formula is C18H18BrNO3. The van der Waals surface area contributed by atoms with Crippen molar-refractivity contribution in [2.45, 2.75) is 26.9 Å². The van der Waals surface area contributed by atoms with Gasteiger partial charge in [0.2, 0.25) is 0 Å². The molecular weight excluding hydrogens is 358 g/mol. The van der Waals surface area contributed by atoms with Crippen molar-refractivity contribution in [3.63, 3.8) is 0 Å². The van der Waals surface area contributed by atoms with Crippen molar-refractivity contribution in [3.8, 4) is 0 Å². The molecule has 0 radical (unpaired) electrons. The number of anilines is 1. The molecule has 0 aliphatic carbocycles. The maximum Gasteiger partial charge on any atom is 0.339 e. The summed E-state index contributed by atoms with van der Waals surface area (Å²) in [6.07, 6.45) is -0.883. The van der Waals surface area contributed by atoms with Gasteiger partial charge in [-0.05, 0) is 56.7 Å². The van der Waals surface area contributed by atoms with Gasteiger partial charge in [0.05, 0.1) is 5.56 Å². The van der Waals surface area contributed by atoms with Gasteiger partial charge in [-0.25, -0.2) is 4.79 Å². The number of rotatable bonds is 4. The van der Waals surface area contributed by atoms with Gasteiger partial charge >= 0.3 is 5.97 Å². The summed E-state index contributed by atoms with van der Waals surface area (Å²) in [5, 5.41) is 2.71. The van der Waals surface area contributed by atoms with Gasteiger partial charge in [0.25, 0.3) is 5.91 Å². The molecule has 0 spiro atoms. The van der Waals surface area contributed by atoms with E-state index in [1.165, 1.54) is 0 Å². The van der Waals surface area contributed by atoms with E-state index in [1.807, 2.05) is 38.1 Å². The number of amides is 1. The molecule has 0 aromatic heterocycles. The first-order valence-electron chi connectivity index (χ1n) is 7.21. The maximum atomic E-state index is 12.2. The van der Waals surface area contributed by atoms with Crippen molar-refractivity contribution in [1.82, 2.24) is 0 Å². The average molecular weight is 376 g/mol. The summed E-state index contributed by atoms with van der Waals surface area (Å²) in [5.74, 6) is -0.869. The smallest absolute Gasteiger partial charge is 0.339 e. The van der Waals surface area contributed by atoms with Crippen LogP contribution in [0.1, 0.15) is 28.4 Å². The van der Waals surface area contributed by atoms with Crippen LogP contribution in [0.15, 0.2) is 46.9 Å². The second-order valence-electron chi connectivity index (χ2n) is 5.36. The Morgan fingerprint density at radius 3 is 2.35 bits per heavy atom. The van der Waals surface area contributed by atoms with E-state index in [-0.39, 0.29) is 5.91 Å². The summed E-state index contributed by atoms with van der Waals surface area (Å²) in [4.78, 5) is 24.3. The zero-order valence-corrected chi connectivity index (χ0v) is 14.8. The fourth-order valence-electron chi connectivity index (χ4n) is 2.10. The lowest BCUT2D eigenvalue weighted by molar-refractivity contribution is -0.123. The molecule has 120 valence electrons. The van der Waals surface area contributed by atoms with Gasteiger partial charge in [0.1, 0.15) is 0 Å². The molecule has 1 amide bonds. The summed E-state index contributed by atoms with van der Waals surface area (Å²) in [6, 6.07) is 12.6. The van der Waals surface area contributed by atoms with E-state index in [2.05, 4.69) is 21.2 Å². The predicted molar refractivity (Wildman–Crippen MR) is 93.6 cm³/mol. The van der Waals surface area contributed by atoms with Crippen molar-refractivity contribution in [1.29, 1.82) is 0 Å². The fourth-order valence-corrected chi connectivity index (χ4v) is 2.36. The zero-order chi connectivity index (χ0) is 17.0. The third-order valence-electron chi connectivity index (χ3n) is 3.37. The SMILES string of the molecule is Cc1ccc(C(=O)O[C@H](C)C(=O)Nc2ccc(Br)cc2)c(C)c1. The van der Waals surface area contributed by atoms with Crippen molar-refractivity contribution in [3.05, 3.63) is 63.6 Å². The largest absolute Gasteiger partial charge is 0.449 e. The third-order valence-corrected chi connectivity index (χ3v) is 3.90. The molecule has 1 atom stereocenters. The number of halogens is 1. The van der Waals surface area contributed by atoms with Crippen molar-refractivity contribution in [2.75, 3.05) is 5.32 Å². The minimum Gasteiger partial charge on any atom is -0.449 e. The Morgan fingerprint density at radius 1 is 1.09 bits per heavy atom. The topological polar surface area (TPSA) is 55.4 Å². The van der Waals surface area contributed by atoms with E-state index in [0.717, 1.165) is 15.6 Å². The van der Waals surface area contributed by atoms with Gasteiger partial charge in [-0.3, -0.25) is 4.79 Å². The number of nitrogens with one attached hydrogen (secondary N) is 1. The molecule has 0 saturated carbocycles. The number of ether oxygens (including phenoxy) is 1. The van der Waals surface area contributed by atoms with Crippen LogP contribution in [-0.2, 0) is 9.53 Å². The van der Waals surface area contributed by atoms with Gasteiger partial charge < -0.3 is 10.1 Å². The number of hydrogen-bond donors (Lipinski definition) is 1. The van der Waals surface area contributed by atoms with Gasteiger partial charge in [-0.2, -0.15) is 0 Å². The Bertz CT molecular complexity index is 726. The number of aryl methyl sites for hydroxylation is 2. The van der Waals surface area contributed by atoms with Crippen LogP contribution in [0.5, 0.6) is 0 Å². The molecule has 2 aromatic carbocycles. The molecule has 0 bridgehead atoms. The van der Waals surface area contributed by atoms with E-state index in [9.17, 15) is 9.59 Å². The molecule has 0 unspecified atom stereocenters. The predicted octanol–water partition coefficient (Wildman–Crippen LogP) is 4.25. The summed E-state index contributed by atoms with van der Waals surface area (Å²) >= 11 is 3.33. The summed E-state index contributed by atoms with van der Waals surface area (Å²) in [5.41, 5.74) is 3.02. The monoisotopic (exact) mass is 375 g/mol. The molecule has 0 saturated heterocycles. The maximum absolute atomic E-state index is 12.2. The lowest BCUT2D eigenvalue weighted by atomic mass is 10.1. The zero-order valence-electron chi connectivity index (χ0n) is 13.2. The summed E-state index contributed by atoms with van der Waals surface area (Å²) in [6.45, 7) is 5.35. The lowest BCUT2D eigenvalue weighted by Gasteiger charge is -2.14. The number of hydrogen-bond acceptors (Lipinski definition) is 3. The van der Waals surface area contributed by atoms with Crippen LogP contribution in [0.2, 0.25) is 0 Å². The Labute approximate surface area is 144 Å². The Balaban J connectivity index is 2.00. The lowest BCUT2D eigenvalue weighted by Crippen LogP contribution is -2.30. The van der Waals surface area contributed by atoms with Crippen molar-refractivity contribution < 1.29 is 14.3 Å². The molecule has 4 nitrogen and oxygen atoms in total. The Hall–Kier alpha value is -2.14. The third kappa shape index (κ3) is 4.66. The molecule has 0 aliphatic heterocycles. The molecule has 23 heavy (non-hydrogen) atoms. The van der Waals surface area contributed by atoms with Gasteiger partial charge in [-0.15, -0.1) is 0 Å². The van der Waals surface area contributed by atoms with E-state index >= 15 is 0 Å². The van der Waals surface area contributed by atoms with Crippen LogP contribution in [0.25, 0.3) is 0 Å². The highest BCUT2D eigenvalue weighted by molar-refractivity contribution is 9.10. The number of carbonyl (C=O) groups is 2. The number of esters is 1. The Morgan fingerprint density at radius 2 is 1.74 bits per heavy atom. The minimum atomic E-state index is -0.883. The summed E-state index contributed by atoms with van der Waals surface area (Å²) < 4.78 is 6.18. The van der Waals surface area contributed by atoms with Gasteiger partial charge in [-0.1, -0.05) is 33.6 Å². The number of benzene rings is 2. The first kappa shape index (κ1) is 17.2. The van der Waals surface area contributed by atoms with E-state index in [4.69, 9.17) is 4.74 Å². The molecule has 5 heteroatoms. The van der Waals surface area contributed by atoms with Crippen LogP contribution in [0.4, 0.5) is 5.69 Å². The quantitative estimate of drug-likeness (QED) is 0.812. The fraction of sp³-hybridized carbons (Fsp3) is 0.222. The van der Waals surface area contributed by atoms with Crippen molar-refractivity contribution >= 4 is 33.5 Å². The molecule has 0 aliphatic rings. The number of carbonyl (C=O) groups excluding carboxylic acids is 2. The van der Waals surface area contributed by atoms with Gasteiger partial charge in [0, 0.05) is 10.2 Å². The molecule has 0 fully saturated rings. The van der Waals surface area contributed by atoms with Crippen LogP contribution in [0.3, 0.4) is 0 Å². The highest BCUT2D eigenvalue weighted by Gasteiger charge is 2.20. The van der Waals surface area contributed by atoms with Crippen LogP contribution >= 0.6 is 15.9 Å². The Kier molecular flexibility index (Phi) is 5.55. The van der Waals surface area contributed by atoms with Gasteiger partial charge in [0.15, 0.2) is 6.10 Å². The first-order valence-corrected chi connectivity index (χ1v) is 8.01. The van der Waals surface area contributed by atoms with Crippen LogP contribution < -0.4 is 5.32 Å². The van der Waals surface area contributed by atoms with E-state index in [0.29, 0.717) is 11.3 Å². The first-order chi connectivity index (χ1) is 10.9. The normalized spacial score (nSPS) is 11.7. The molecule has 0 heterocycles. The van der Waals surface area contributed by atoms with Crippen LogP contribution in [-0.4, -0.2) is 18.0 Å². The minimum absolute atomic E-state index is 0.370. The van der Waals surface area contributed by atoms with Crippen LogP contribution in [0, 0.1) is 13.8 Å². The van der Waals surface area contributed by atoms with E-state index in [1.54, 1.807) is 25.1 Å². The summed E-state index contributed by atoms with van der Waals surface area (Å²) in [7, 11) is 0. The van der Waals surface area contributed by atoms with E-state index < -0.39 is 12.1 Å².